The summed E-state index contributed by atoms with van der Waals surface area (Å²) >= 11 is 0. The van der Waals surface area contributed by atoms with E-state index in [0.29, 0.717) is 18.5 Å². The number of rotatable bonds is 6. The van der Waals surface area contributed by atoms with Gasteiger partial charge in [-0.25, -0.2) is 0 Å². The van der Waals surface area contributed by atoms with Gasteiger partial charge < -0.3 is 15.1 Å². The third-order valence-corrected chi connectivity index (χ3v) is 3.29. The van der Waals surface area contributed by atoms with E-state index in [2.05, 4.69) is 0 Å². The van der Waals surface area contributed by atoms with Crippen molar-refractivity contribution in [1.82, 2.24) is 0 Å². The summed E-state index contributed by atoms with van der Waals surface area (Å²) in [6.45, 7) is 0.563. The van der Waals surface area contributed by atoms with Crippen LogP contribution in [-0.4, -0.2) is 41.0 Å². The highest BCUT2D eigenvalue weighted by Crippen LogP contribution is 2.29. The van der Waals surface area contributed by atoms with Gasteiger partial charge in [-0.2, -0.15) is 0 Å². The zero-order chi connectivity index (χ0) is 14.7. The van der Waals surface area contributed by atoms with Crippen LogP contribution >= 0.6 is 0 Å². The number of aliphatic carboxylic acids is 2. The Labute approximate surface area is 115 Å². The van der Waals surface area contributed by atoms with Crippen molar-refractivity contribution >= 4 is 23.4 Å². The van der Waals surface area contributed by atoms with E-state index in [1.165, 1.54) is 0 Å². The molecule has 1 heterocycles. The molecule has 0 atom stereocenters. The summed E-state index contributed by atoms with van der Waals surface area (Å²) in [5.74, 6) is -2.08. The lowest BCUT2D eigenvalue weighted by Crippen LogP contribution is -2.27. The van der Waals surface area contributed by atoms with Gasteiger partial charge in [0.1, 0.15) is 6.54 Å². The fraction of sp³-hybridized carbons (Fsp3) is 0.357. The number of hydrogen-bond donors (Lipinski definition) is 2. The van der Waals surface area contributed by atoms with Crippen LogP contribution in [0.3, 0.4) is 0 Å². The molecule has 2 N–H and O–H groups in total. The molecule has 1 aromatic rings. The third-order valence-electron chi connectivity index (χ3n) is 3.29. The Hall–Kier alpha value is -2.37. The molecular weight excluding hydrogens is 262 g/mol. The van der Waals surface area contributed by atoms with E-state index in [1.54, 1.807) is 23.1 Å². The van der Waals surface area contributed by atoms with Crippen LogP contribution in [0.1, 0.15) is 28.8 Å². The van der Waals surface area contributed by atoms with Crippen LogP contribution in [0.25, 0.3) is 0 Å². The number of fused-ring (bicyclic) bond motifs is 1. The number of carbonyl (C=O) groups is 3. The molecule has 6 nitrogen and oxygen atoms in total. The molecule has 0 saturated heterocycles. The number of anilines is 1. The van der Waals surface area contributed by atoms with Crippen molar-refractivity contribution in [3.05, 3.63) is 29.3 Å². The Balaban J connectivity index is 2.11. The maximum atomic E-state index is 11.8. The van der Waals surface area contributed by atoms with Gasteiger partial charge >= 0.3 is 11.9 Å². The van der Waals surface area contributed by atoms with E-state index in [9.17, 15) is 14.4 Å². The van der Waals surface area contributed by atoms with Crippen molar-refractivity contribution in [3.63, 3.8) is 0 Å². The number of Topliss-reactive ketones (excluding diaryl/α,β-unsaturated/α-hetero) is 1. The summed E-state index contributed by atoms with van der Waals surface area (Å²) in [5, 5.41) is 17.4. The van der Waals surface area contributed by atoms with Crippen molar-refractivity contribution in [2.75, 3.05) is 18.0 Å². The van der Waals surface area contributed by atoms with Crippen molar-refractivity contribution in [2.24, 2.45) is 0 Å². The zero-order valence-electron chi connectivity index (χ0n) is 10.8. The highest BCUT2D eigenvalue weighted by molar-refractivity contribution is 5.98. The molecule has 0 unspecified atom stereocenters. The highest BCUT2D eigenvalue weighted by atomic mass is 16.4. The second kappa shape index (κ2) is 5.73. The van der Waals surface area contributed by atoms with Gasteiger partial charge in [0.15, 0.2) is 5.78 Å². The third kappa shape index (κ3) is 3.14. The number of hydrogen-bond acceptors (Lipinski definition) is 4. The number of ketones is 1. The predicted octanol–water partition coefficient (Wildman–Crippen LogP) is 1.18. The normalized spacial score (nSPS) is 13.1. The molecule has 0 aromatic heterocycles. The molecule has 0 saturated carbocycles. The van der Waals surface area contributed by atoms with Crippen LogP contribution in [0.15, 0.2) is 18.2 Å². The summed E-state index contributed by atoms with van der Waals surface area (Å²) in [5.41, 5.74) is 2.26. The summed E-state index contributed by atoms with van der Waals surface area (Å²) in [7, 11) is 0. The molecule has 0 radical (unpaired) electrons. The number of carbonyl (C=O) groups excluding carboxylic acids is 1. The van der Waals surface area contributed by atoms with E-state index in [0.717, 1.165) is 11.3 Å². The number of carboxylic acid groups (broad SMARTS) is 2. The minimum absolute atomic E-state index is 0.0209. The topological polar surface area (TPSA) is 94.9 Å². The Morgan fingerprint density at radius 2 is 1.85 bits per heavy atom. The molecular formula is C14H15NO5. The van der Waals surface area contributed by atoms with Gasteiger partial charge in [0.2, 0.25) is 0 Å². The highest BCUT2D eigenvalue weighted by Gasteiger charge is 2.22. The molecule has 0 aliphatic carbocycles. The van der Waals surface area contributed by atoms with E-state index in [-0.39, 0.29) is 25.2 Å². The van der Waals surface area contributed by atoms with Crippen LogP contribution in [0.5, 0.6) is 0 Å². The quantitative estimate of drug-likeness (QED) is 0.758. The summed E-state index contributed by atoms with van der Waals surface area (Å²) in [6.07, 6.45) is 0.497. The monoisotopic (exact) mass is 277 g/mol. The van der Waals surface area contributed by atoms with Crippen LogP contribution in [-0.2, 0) is 16.0 Å². The van der Waals surface area contributed by atoms with Gasteiger partial charge in [-0.05, 0) is 30.2 Å². The summed E-state index contributed by atoms with van der Waals surface area (Å²) in [4.78, 5) is 34.8. The van der Waals surface area contributed by atoms with Gasteiger partial charge in [-0.3, -0.25) is 14.4 Å². The lowest BCUT2D eigenvalue weighted by atomic mass is 10.0. The van der Waals surface area contributed by atoms with Crippen molar-refractivity contribution in [1.29, 1.82) is 0 Å². The van der Waals surface area contributed by atoms with Gasteiger partial charge in [0, 0.05) is 24.2 Å². The molecule has 0 bridgehead atoms. The number of benzene rings is 1. The first kappa shape index (κ1) is 14.0. The average molecular weight is 277 g/mol. The van der Waals surface area contributed by atoms with Crippen LogP contribution in [0, 0.1) is 0 Å². The van der Waals surface area contributed by atoms with Gasteiger partial charge in [-0.15, -0.1) is 0 Å². The fourth-order valence-electron chi connectivity index (χ4n) is 2.34. The Morgan fingerprint density at radius 1 is 1.10 bits per heavy atom. The minimum Gasteiger partial charge on any atom is -0.481 e. The first-order valence-corrected chi connectivity index (χ1v) is 6.32. The smallest absolute Gasteiger partial charge is 0.323 e. The van der Waals surface area contributed by atoms with Crippen molar-refractivity contribution < 1.29 is 24.6 Å². The second-order valence-corrected chi connectivity index (χ2v) is 4.73. The standard InChI is InChI=1S/C14H15NO5/c16-12(3-4-13(17)18)10-1-2-11-9(7-10)5-6-15(11)8-14(19)20/h1-2,7H,3-6,8H2,(H,17,18)(H,19,20). The van der Waals surface area contributed by atoms with Crippen LogP contribution in [0.4, 0.5) is 5.69 Å². The molecule has 0 amide bonds. The average Bonchev–Trinajstić information content (AvgIpc) is 2.77. The molecule has 1 aliphatic heterocycles. The Kier molecular flexibility index (Phi) is 4.02. The molecule has 20 heavy (non-hydrogen) atoms. The lowest BCUT2D eigenvalue weighted by molar-refractivity contribution is -0.137. The fourth-order valence-corrected chi connectivity index (χ4v) is 2.34. The number of carboxylic acids is 2. The molecule has 0 spiro atoms. The molecule has 106 valence electrons. The second-order valence-electron chi connectivity index (χ2n) is 4.73. The largest absolute Gasteiger partial charge is 0.481 e. The van der Waals surface area contributed by atoms with E-state index < -0.39 is 11.9 Å². The molecule has 6 heteroatoms. The van der Waals surface area contributed by atoms with Crippen molar-refractivity contribution in [3.8, 4) is 0 Å². The van der Waals surface area contributed by atoms with E-state index in [1.807, 2.05) is 0 Å². The van der Waals surface area contributed by atoms with Gasteiger partial charge in [0.25, 0.3) is 0 Å². The van der Waals surface area contributed by atoms with Gasteiger partial charge in [-0.1, -0.05) is 0 Å². The van der Waals surface area contributed by atoms with Crippen LogP contribution < -0.4 is 4.90 Å². The van der Waals surface area contributed by atoms with E-state index in [4.69, 9.17) is 10.2 Å². The Morgan fingerprint density at radius 3 is 2.50 bits per heavy atom. The lowest BCUT2D eigenvalue weighted by Gasteiger charge is -2.16. The molecule has 1 aromatic carbocycles. The van der Waals surface area contributed by atoms with Crippen LogP contribution in [0.2, 0.25) is 0 Å². The maximum absolute atomic E-state index is 11.8. The SMILES string of the molecule is O=C(O)CCC(=O)c1ccc2c(c1)CCN2CC(=O)O. The summed E-state index contributed by atoms with van der Waals surface area (Å²) in [6, 6.07) is 5.10. The summed E-state index contributed by atoms with van der Waals surface area (Å²) < 4.78 is 0. The molecule has 2 rings (SSSR count). The Bertz CT molecular complexity index is 567. The number of nitrogens with zero attached hydrogens (tertiary/aromatic N) is 1. The predicted molar refractivity (Wildman–Crippen MR) is 71.2 cm³/mol. The van der Waals surface area contributed by atoms with E-state index >= 15 is 0 Å². The first-order chi connectivity index (χ1) is 9.47. The maximum Gasteiger partial charge on any atom is 0.323 e. The first-order valence-electron chi connectivity index (χ1n) is 6.32. The molecule has 0 fully saturated rings. The zero-order valence-corrected chi connectivity index (χ0v) is 10.8. The minimum atomic E-state index is -0.993. The molecule has 1 aliphatic rings. The van der Waals surface area contributed by atoms with Crippen molar-refractivity contribution in [2.45, 2.75) is 19.3 Å². The van der Waals surface area contributed by atoms with Gasteiger partial charge in [0.05, 0.1) is 6.42 Å².